The second-order valence-electron chi connectivity index (χ2n) is 12.6. The third-order valence-corrected chi connectivity index (χ3v) is 9.56. The van der Waals surface area contributed by atoms with Crippen LogP contribution >= 0.6 is 8.60 Å². The van der Waals surface area contributed by atoms with E-state index < -0.39 is 20.7 Å². The maximum absolute atomic E-state index is 12.7. The summed E-state index contributed by atoms with van der Waals surface area (Å²) < 4.78 is 16.6. The fourth-order valence-corrected chi connectivity index (χ4v) is 6.53. The quantitative estimate of drug-likeness (QED) is 0.0441. The molecule has 1 saturated heterocycles. The molecule has 1 amide bonds. The van der Waals surface area contributed by atoms with Crippen LogP contribution in [-0.2, 0) is 18.4 Å². The number of amides is 1. The Hall–Kier alpha value is -0.520. The normalized spacial score (nSPS) is 15.4. The molecule has 1 aliphatic heterocycles. The number of unbranched alkanes of at least 4 members (excludes halogenated alkanes) is 23. The summed E-state index contributed by atoms with van der Waals surface area (Å²) in [6.07, 6.45) is 35.9. The molecule has 6 nitrogen and oxygen atoms in total. The van der Waals surface area contributed by atoms with Crippen LogP contribution in [0.4, 0.5) is 0 Å². The Morgan fingerprint density at radius 2 is 1.12 bits per heavy atom. The first-order valence-electron chi connectivity index (χ1n) is 18.5. The SMILES string of the molecule is CCCCCCCCCCCCC/C=C/[C@@H](O)[C@H](COP1OCCO1)NC(=O)CCCCCCCCCCCCCCC. The van der Waals surface area contributed by atoms with Gasteiger partial charge in [-0.3, -0.25) is 4.79 Å². The topological polar surface area (TPSA) is 77.0 Å². The van der Waals surface area contributed by atoms with E-state index in [2.05, 4.69) is 25.2 Å². The van der Waals surface area contributed by atoms with Crippen LogP contribution in [0.2, 0.25) is 0 Å². The molecule has 0 aromatic carbocycles. The van der Waals surface area contributed by atoms with Crippen molar-refractivity contribution in [3.05, 3.63) is 12.2 Å². The van der Waals surface area contributed by atoms with Gasteiger partial charge in [-0.15, -0.1) is 0 Å². The van der Waals surface area contributed by atoms with E-state index in [1.54, 1.807) is 0 Å². The van der Waals surface area contributed by atoms with E-state index in [9.17, 15) is 9.90 Å². The fourth-order valence-electron chi connectivity index (χ4n) is 5.58. The zero-order valence-electron chi connectivity index (χ0n) is 28.3. The molecule has 1 aliphatic rings. The number of rotatable bonds is 32. The van der Waals surface area contributed by atoms with Gasteiger partial charge in [0.1, 0.15) is 0 Å². The highest BCUT2D eigenvalue weighted by atomic mass is 31.2. The maximum atomic E-state index is 12.7. The van der Waals surface area contributed by atoms with Crippen LogP contribution in [0.25, 0.3) is 0 Å². The fraction of sp³-hybridized carbons (Fsp3) is 0.917. The lowest BCUT2D eigenvalue weighted by Crippen LogP contribution is -2.45. The molecule has 0 aromatic heterocycles. The summed E-state index contributed by atoms with van der Waals surface area (Å²) in [5.74, 6) is -0.0180. The first kappa shape index (κ1) is 40.5. The van der Waals surface area contributed by atoms with E-state index >= 15 is 0 Å². The molecular formula is C36H70NO5P. The Kier molecular flexibility index (Phi) is 29.6. The molecule has 1 heterocycles. The van der Waals surface area contributed by atoms with E-state index in [0.717, 1.165) is 25.7 Å². The molecule has 0 spiro atoms. The molecule has 2 N–H and O–H groups in total. The first-order valence-corrected chi connectivity index (χ1v) is 19.6. The van der Waals surface area contributed by atoms with Gasteiger partial charge in [-0.2, -0.15) is 0 Å². The van der Waals surface area contributed by atoms with Gasteiger partial charge in [-0.1, -0.05) is 167 Å². The summed E-state index contributed by atoms with van der Waals surface area (Å²) in [7, 11) is -1.37. The highest BCUT2D eigenvalue weighted by Gasteiger charge is 2.25. The van der Waals surface area contributed by atoms with E-state index in [1.807, 2.05) is 6.08 Å². The van der Waals surface area contributed by atoms with Gasteiger partial charge in [0, 0.05) is 6.42 Å². The summed E-state index contributed by atoms with van der Waals surface area (Å²) in [5, 5.41) is 13.9. The number of nitrogens with one attached hydrogen (secondary N) is 1. The predicted molar refractivity (Wildman–Crippen MR) is 183 cm³/mol. The van der Waals surface area contributed by atoms with Crippen molar-refractivity contribution in [3.63, 3.8) is 0 Å². The number of hydrogen-bond acceptors (Lipinski definition) is 5. The Balaban J connectivity index is 2.16. The third kappa shape index (κ3) is 26.4. The van der Waals surface area contributed by atoms with Gasteiger partial charge in [0.15, 0.2) is 0 Å². The zero-order valence-corrected chi connectivity index (χ0v) is 29.2. The van der Waals surface area contributed by atoms with Crippen LogP contribution < -0.4 is 5.32 Å². The number of carbonyl (C=O) groups excluding carboxylic acids is 1. The van der Waals surface area contributed by atoms with Crippen molar-refractivity contribution in [2.24, 2.45) is 0 Å². The van der Waals surface area contributed by atoms with Crippen LogP contribution in [-0.4, -0.2) is 43.0 Å². The minimum absolute atomic E-state index is 0.0180. The molecule has 254 valence electrons. The number of allylic oxidation sites excluding steroid dienone is 1. The van der Waals surface area contributed by atoms with Gasteiger partial charge in [-0.05, 0) is 19.3 Å². The monoisotopic (exact) mass is 627 g/mol. The Morgan fingerprint density at radius 3 is 1.58 bits per heavy atom. The highest BCUT2D eigenvalue weighted by Crippen LogP contribution is 2.43. The van der Waals surface area contributed by atoms with Crippen molar-refractivity contribution >= 4 is 14.5 Å². The molecule has 0 radical (unpaired) electrons. The number of aliphatic hydroxyl groups excluding tert-OH is 1. The predicted octanol–water partition coefficient (Wildman–Crippen LogP) is 10.9. The molecular weight excluding hydrogens is 557 g/mol. The van der Waals surface area contributed by atoms with Crippen molar-refractivity contribution < 1.29 is 23.5 Å². The summed E-state index contributed by atoms with van der Waals surface area (Å²) >= 11 is 0. The second kappa shape index (κ2) is 31.5. The molecule has 1 rings (SSSR count). The first-order chi connectivity index (χ1) is 21.2. The van der Waals surface area contributed by atoms with Crippen molar-refractivity contribution in [2.45, 2.75) is 193 Å². The molecule has 0 aromatic rings. The largest absolute Gasteiger partial charge is 0.387 e. The summed E-state index contributed by atoms with van der Waals surface area (Å²) in [6, 6.07) is -0.502. The van der Waals surface area contributed by atoms with E-state index in [-0.39, 0.29) is 12.5 Å². The molecule has 0 saturated carbocycles. The van der Waals surface area contributed by atoms with E-state index in [4.69, 9.17) is 13.6 Å². The molecule has 43 heavy (non-hydrogen) atoms. The minimum Gasteiger partial charge on any atom is -0.387 e. The Labute approximate surface area is 267 Å². The molecule has 0 unspecified atom stereocenters. The lowest BCUT2D eigenvalue weighted by Gasteiger charge is -2.23. The molecule has 0 bridgehead atoms. The average molecular weight is 628 g/mol. The average Bonchev–Trinajstić information content (AvgIpc) is 3.53. The minimum atomic E-state index is -1.37. The van der Waals surface area contributed by atoms with Gasteiger partial charge in [0.2, 0.25) is 5.91 Å². The zero-order chi connectivity index (χ0) is 31.1. The number of carbonyl (C=O) groups is 1. The van der Waals surface area contributed by atoms with E-state index in [0.29, 0.717) is 19.6 Å². The molecule has 7 heteroatoms. The second-order valence-corrected chi connectivity index (χ2v) is 13.8. The van der Waals surface area contributed by atoms with Gasteiger partial charge < -0.3 is 24.0 Å². The summed E-state index contributed by atoms with van der Waals surface area (Å²) in [5.41, 5.74) is 0. The van der Waals surface area contributed by atoms with Crippen molar-refractivity contribution in [2.75, 3.05) is 19.8 Å². The van der Waals surface area contributed by atoms with Gasteiger partial charge in [0.25, 0.3) is 0 Å². The van der Waals surface area contributed by atoms with Crippen molar-refractivity contribution in [3.8, 4) is 0 Å². The standard InChI is InChI=1S/C36H70NO5P/c1-3-5-7-9-11-13-15-17-19-21-23-25-27-29-35(38)34(33-42-43-40-31-32-41-43)37-36(39)30-28-26-24-22-20-18-16-14-12-10-8-6-4-2/h27,29,34-35,38H,3-26,28,30-33H2,1-2H3,(H,37,39)/b29-27+/t34-,35+/m0/s1. The van der Waals surface area contributed by atoms with Crippen LogP contribution in [0.3, 0.4) is 0 Å². The van der Waals surface area contributed by atoms with Crippen LogP contribution in [0.1, 0.15) is 181 Å². The molecule has 0 aliphatic carbocycles. The number of aliphatic hydroxyl groups is 1. The van der Waals surface area contributed by atoms with Crippen LogP contribution in [0.5, 0.6) is 0 Å². The molecule has 2 atom stereocenters. The highest BCUT2D eigenvalue weighted by molar-refractivity contribution is 7.41. The van der Waals surface area contributed by atoms with Crippen LogP contribution in [0.15, 0.2) is 12.2 Å². The third-order valence-electron chi connectivity index (χ3n) is 8.41. The Bertz CT molecular complexity index is 629. The number of hydrogen-bond donors (Lipinski definition) is 2. The summed E-state index contributed by atoms with van der Waals surface area (Å²) in [4.78, 5) is 12.7. The van der Waals surface area contributed by atoms with Crippen molar-refractivity contribution in [1.82, 2.24) is 5.32 Å². The van der Waals surface area contributed by atoms with Gasteiger partial charge >= 0.3 is 8.60 Å². The lowest BCUT2D eigenvalue weighted by molar-refractivity contribution is -0.122. The van der Waals surface area contributed by atoms with E-state index in [1.165, 1.54) is 135 Å². The maximum Gasteiger partial charge on any atom is 0.332 e. The Morgan fingerprint density at radius 1 is 0.698 bits per heavy atom. The molecule has 1 fully saturated rings. The smallest absolute Gasteiger partial charge is 0.332 e. The van der Waals surface area contributed by atoms with Gasteiger partial charge in [-0.25, -0.2) is 0 Å². The lowest BCUT2D eigenvalue weighted by atomic mass is 10.0. The van der Waals surface area contributed by atoms with Gasteiger partial charge in [0.05, 0.1) is 32.0 Å². The van der Waals surface area contributed by atoms with Crippen LogP contribution in [0, 0.1) is 0 Å². The summed E-state index contributed by atoms with van der Waals surface area (Å²) in [6.45, 7) is 5.78. The van der Waals surface area contributed by atoms with Crippen molar-refractivity contribution in [1.29, 1.82) is 0 Å².